The zero-order valence-corrected chi connectivity index (χ0v) is 14.3. The zero-order valence-electron chi connectivity index (χ0n) is 13.5. The first-order chi connectivity index (χ1) is 12.1. The molecule has 128 valence electrons. The highest BCUT2D eigenvalue weighted by molar-refractivity contribution is 7.71. The number of nitrogens with one attached hydrogen (secondary N) is 3. The van der Waals surface area contributed by atoms with Crippen LogP contribution in [0.15, 0.2) is 41.3 Å². The van der Waals surface area contributed by atoms with Gasteiger partial charge in [0.25, 0.3) is 11.5 Å². The van der Waals surface area contributed by atoms with E-state index in [0.717, 1.165) is 5.56 Å². The monoisotopic (exact) mass is 356 g/mol. The van der Waals surface area contributed by atoms with Gasteiger partial charge in [0, 0.05) is 23.9 Å². The Hall–Kier alpha value is -3.00. The van der Waals surface area contributed by atoms with E-state index in [1.807, 2.05) is 13.0 Å². The number of pyridine rings is 1. The van der Waals surface area contributed by atoms with Gasteiger partial charge in [-0.1, -0.05) is 6.07 Å². The smallest absolute Gasteiger partial charge is 0.259 e. The van der Waals surface area contributed by atoms with Crippen molar-refractivity contribution in [1.82, 2.24) is 20.3 Å². The Morgan fingerprint density at radius 2 is 2.16 bits per heavy atom. The number of hydrogen-bond donors (Lipinski definition) is 3. The lowest BCUT2D eigenvalue weighted by Gasteiger charge is -2.10. The van der Waals surface area contributed by atoms with Crippen LogP contribution in [0.4, 0.5) is 0 Å². The summed E-state index contributed by atoms with van der Waals surface area (Å²) in [6.07, 6.45) is 1.64. The number of carbonyl (C=O) groups excluding carboxylic acids is 1. The number of aromatic nitrogens is 3. The Kier molecular flexibility index (Phi) is 4.90. The van der Waals surface area contributed by atoms with Crippen LogP contribution >= 0.6 is 12.2 Å². The lowest BCUT2D eigenvalue weighted by atomic mass is 10.1. The molecular formula is C17H16N4O3S. The molecule has 1 amide bonds. The van der Waals surface area contributed by atoms with Crippen LogP contribution in [0.3, 0.4) is 0 Å². The van der Waals surface area contributed by atoms with Crippen LogP contribution in [0.25, 0.3) is 10.9 Å². The molecule has 3 aromatic rings. The number of benzene rings is 1. The van der Waals surface area contributed by atoms with Crippen LogP contribution in [0.5, 0.6) is 5.88 Å². The Morgan fingerprint density at radius 1 is 1.32 bits per heavy atom. The minimum Gasteiger partial charge on any atom is -0.478 e. The second-order valence-electron chi connectivity index (χ2n) is 5.25. The van der Waals surface area contributed by atoms with E-state index in [9.17, 15) is 9.59 Å². The summed E-state index contributed by atoms with van der Waals surface area (Å²) in [4.78, 5) is 33.8. The van der Waals surface area contributed by atoms with E-state index in [0.29, 0.717) is 29.0 Å². The molecule has 3 rings (SSSR count). The number of hydrogen-bond acceptors (Lipinski definition) is 5. The van der Waals surface area contributed by atoms with Gasteiger partial charge in [0.15, 0.2) is 4.77 Å². The normalized spacial score (nSPS) is 10.6. The fourth-order valence-electron chi connectivity index (χ4n) is 2.41. The SMILES string of the molecule is CCOc1ncccc1CNC(=O)c1ccc2c(=O)[nH]c(=S)[nH]c2c1. The third kappa shape index (κ3) is 3.74. The molecule has 0 unspecified atom stereocenters. The first-order valence-corrected chi connectivity index (χ1v) is 8.10. The molecule has 0 fully saturated rings. The third-order valence-electron chi connectivity index (χ3n) is 3.57. The first-order valence-electron chi connectivity index (χ1n) is 7.69. The molecule has 0 saturated heterocycles. The molecule has 0 aliphatic rings. The fraction of sp³-hybridized carbons (Fsp3) is 0.176. The van der Waals surface area contributed by atoms with Gasteiger partial charge >= 0.3 is 0 Å². The summed E-state index contributed by atoms with van der Waals surface area (Å²) in [6, 6.07) is 8.41. The molecule has 2 heterocycles. The number of rotatable bonds is 5. The second kappa shape index (κ2) is 7.27. The lowest BCUT2D eigenvalue weighted by molar-refractivity contribution is 0.0950. The van der Waals surface area contributed by atoms with Crippen molar-refractivity contribution in [3.8, 4) is 5.88 Å². The molecule has 0 spiro atoms. The lowest BCUT2D eigenvalue weighted by Crippen LogP contribution is -2.23. The zero-order chi connectivity index (χ0) is 17.8. The van der Waals surface area contributed by atoms with Crippen molar-refractivity contribution in [3.63, 3.8) is 0 Å². The van der Waals surface area contributed by atoms with Gasteiger partial charge in [-0.2, -0.15) is 0 Å². The van der Waals surface area contributed by atoms with E-state index in [2.05, 4.69) is 20.3 Å². The molecule has 2 aromatic heterocycles. The van der Waals surface area contributed by atoms with Gasteiger partial charge in [0.1, 0.15) is 0 Å². The summed E-state index contributed by atoms with van der Waals surface area (Å²) < 4.78 is 5.66. The van der Waals surface area contributed by atoms with Crippen molar-refractivity contribution in [1.29, 1.82) is 0 Å². The number of fused-ring (bicyclic) bond motifs is 1. The minimum absolute atomic E-state index is 0.215. The maximum atomic E-state index is 12.4. The second-order valence-corrected chi connectivity index (χ2v) is 5.66. The summed E-state index contributed by atoms with van der Waals surface area (Å²) in [6.45, 7) is 2.65. The van der Waals surface area contributed by atoms with Crippen LogP contribution in [0, 0.1) is 4.77 Å². The fourth-order valence-corrected chi connectivity index (χ4v) is 2.62. The summed E-state index contributed by atoms with van der Waals surface area (Å²) in [5.41, 5.74) is 1.43. The van der Waals surface area contributed by atoms with E-state index >= 15 is 0 Å². The maximum absolute atomic E-state index is 12.4. The van der Waals surface area contributed by atoms with E-state index in [1.54, 1.807) is 30.5 Å². The molecule has 3 N–H and O–H groups in total. The summed E-state index contributed by atoms with van der Waals surface area (Å²) in [7, 11) is 0. The topological polar surface area (TPSA) is 99.9 Å². The average molecular weight is 356 g/mol. The molecule has 7 nitrogen and oxygen atoms in total. The van der Waals surface area contributed by atoms with E-state index in [4.69, 9.17) is 17.0 Å². The molecule has 0 bridgehead atoms. The van der Waals surface area contributed by atoms with Gasteiger partial charge in [-0.05, 0) is 43.4 Å². The number of amides is 1. The molecule has 25 heavy (non-hydrogen) atoms. The highest BCUT2D eigenvalue weighted by Crippen LogP contribution is 2.15. The number of carbonyl (C=O) groups is 1. The average Bonchev–Trinajstić information content (AvgIpc) is 2.60. The van der Waals surface area contributed by atoms with E-state index < -0.39 is 0 Å². The standard InChI is InChI=1S/C17H16N4O3S/c1-2-24-16-11(4-3-7-18-16)9-19-14(22)10-5-6-12-13(8-10)20-17(25)21-15(12)23/h3-8H,2,9H2,1H3,(H,19,22)(H2,20,21,23,25). The predicted octanol–water partition coefficient (Wildman–Crippen LogP) is 2.31. The van der Waals surface area contributed by atoms with Crippen LogP contribution < -0.4 is 15.6 Å². The molecule has 8 heteroatoms. The molecule has 0 aliphatic heterocycles. The minimum atomic E-state index is -0.289. The van der Waals surface area contributed by atoms with Crippen LogP contribution in [0.2, 0.25) is 0 Å². The van der Waals surface area contributed by atoms with Gasteiger partial charge in [-0.25, -0.2) is 4.98 Å². The van der Waals surface area contributed by atoms with Crippen molar-refractivity contribution in [2.75, 3.05) is 6.61 Å². The summed E-state index contributed by atoms with van der Waals surface area (Å²) in [5.74, 6) is 0.229. The van der Waals surface area contributed by atoms with Crippen LogP contribution in [-0.4, -0.2) is 27.5 Å². The van der Waals surface area contributed by atoms with Crippen molar-refractivity contribution < 1.29 is 9.53 Å². The third-order valence-corrected chi connectivity index (χ3v) is 3.78. The Bertz CT molecular complexity index is 1040. The largest absolute Gasteiger partial charge is 0.478 e. The predicted molar refractivity (Wildman–Crippen MR) is 96.3 cm³/mol. The van der Waals surface area contributed by atoms with E-state index in [-0.39, 0.29) is 22.8 Å². The number of aromatic amines is 2. The number of nitrogens with zero attached hydrogens (tertiary/aromatic N) is 1. The van der Waals surface area contributed by atoms with Crippen molar-refractivity contribution in [2.24, 2.45) is 0 Å². The van der Waals surface area contributed by atoms with Gasteiger partial charge in [0.05, 0.1) is 17.5 Å². The summed E-state index contributed by atoms with van der Waals surface area (Å²) >= 11 is 4.96. The highest BCUT2D eigenvalue weighted by atomic mass is 32.1. The van der Waals surface area contributed by atoms with Crippen LogP contribution in [0.1, 0.15) is 22.8 Å². The van der Waals surface area contributed by atoms with Gasteiger partial charge < -0.3 is 15.0 Å². The number of H-pyrrole nitrogens is 2. The maximum Gasteiger partial charge on any atom is 0.259 e. The Morgan fingerprint density at radius 3 is 2.96 bits per heavy atom. The Balaban J connectivity index is 1.81. The molecule has 0 saturated carbocycles. The van der Waals surface area contributed by atoms with Crippen molar-refractivity contribution in [3.05, 3.63) is 62.8 Å². The highest BCUT2D eigenvalue weighted by Gasteiger charge is 2.10. The van der Waals surface area contributed by atoms with Crippen molar-refractivity contribution >= 4 is 29.0 Å². The Labute approximate surface area is 148 Å². The first kappa shape index (κ1) is 16.8. The van der Waals surface area contributed by atoms with Gasteiger partial charge in [-0.15, -0.1) is 0 Å². The quantitative estimate of drug-likeness (QED) is 0.609. The van der Waals surface area contributed by atoms with Crippen LogP contribution in [-0.2, 0) is 6.54 Å². The van der Waals surface area contributed by atoms with Gasteiger partial charge in [0.2, 0.25) is 5.88 Å². The molecule has 0 aliphatic carbocycles. The summed E-state index contributed by atoms with van der Waals surface area (Å²) in [5, 5.41) is 3.26. The molecule has 0 radical (unpaired) electrons. The molecule has 0 atom stereocenters. The van der Waals surface area contributed by atoms with E-state index in [1.165, 1.54) is 0 Å². The van der Waals surface area contributed by atoms with Gasteiger partial charge in [-0.3, -0.25) is 14.6 Å². The molecule has 1 aromatic carbocycles. The van der Waals surface area contributed by atoms with Crippen molar-refractivity contribution in [2.45, 2.75) is 13.5 Å². The molecular weight excluding hydrogens is 340 g/mol. The number of ether oxygens (including phenoxy) is 1.